The fourth-order valence-corrected chi connectivity index (χ4v) is 3.74. The maximum Gasteiger partial charge on any atom is 0.254 e. The number of hydrogen-bond acceptors (Lipinski definition) is 2. The Balaban J connectivity index is 1.71. The Labute approximate surface area is 130 Å². The van der Waals surface area contributed by atoms with Crippen molar-refractivity contribution < 1.29 is 4.79 Å². The van der Waals surface area contributed by atoms with Gasteiger partial charge in [0.15, 0.2) is 0 Å². The van der Waals surface area contributed by atoms with E-state index in [1.165, 1.54) is 18.4 Å². The van der Waals surface area contributed by atoms with E-state index in [2.05, 4.69) is 29.2 Å². The number of thiophene rings is 1. The normalized spacial score (nSPS) is 15.2. The molecule has 1 aromatic carbocycles. The average Bonchev–Trinajstić information content (AvgIpc) is 3.22. The lowest BCUT2D eigenvalue weighted by Crippen LogP contribution is -2.40. The molecule has 2 aromatic rings. The largest absolute Gasteiger partial charge is 0.335 e. The van der Waals surface area contributed by atoms with Crippen LogP contribution in [0.15, 0.2) is 47.2 Å². The lowest BCUT2D eigenvalue weighted by atomic mass is 10.1. The van der Waals surface area contributed by atoms with Gasteiger partial charge in [-0.2, -0.15) is 11.3 Å². The van der Waals surface area contributed by atoms with Crippen LogP contribution in [0.25, 0.3) is 0 Å². The van der Waals surface area contributed by atoms with Gasteiger partial charge in [-0.05, 0) is 36.3 Å². The van der Waals surface area contributed by atoms with Gasteiger partial charge in [0.25, 0.3) is 5.91 Å². The van der Waals surface area contributed by atoms with E-state index in [1.807, 2.05) is 22.9 Å². The van der Waals surface area contributed by atoms with Crippen LogP contribution in [0.1, 0.15) is 41.6 Å². The first-order valence-electron chi connectivity index (χ1n) is 7.71. The molecule has 1 amide bonds. The quantitative estimate of drug-likeness (QED) is 0.802. The number of carbonyl (C=O) groups excluding carboxylic acids is 1. The monoisotopic (exact) mass is 299 g/mol. The van der Waals surface area contributed by atoms with Gasteiger partial charge in [0.05, 0.1) is 5.56 Å². The van der Waals surface area contributed by atoms with E-state index in [9.17, 15) is 4.79 Å². The van der Waals surface area contributed by atoms with Gasteiger partial charge >= 0.3 is 0 Å². The summed E-state index contributed by atoms with van der Waals surface area (Å²) in [4.78, 5) is 14.9. The minimum Gasteiger partial charge on any atom is -0.335 e. The van der Waals surface area contributed by atoms with Crippen molar-refractivity contribution in [3.8, 4) is 0 Å². The Kier molecular flexibility index (Phi) is 4.71. The Morgan fingerprint density at radius 1 is 1.14 bits per heavy atom. The van der Waals surface area contributed by atoms with Crippen LogP contribution in [-0.4, -0.2) is 23.4 Å². The predicted octanol–water partition coefficient (Wildman–Crippen LogP) is 4.38. The zero-order chi connectivity index (χ0) is 14.5. The average molecular weight is 299 g/mol. The number of nitrogens with zero attached hydrogens (tertiary/aromatic N) is 1. The lowest BCUT2D eigenvalue weighted by Gasteiger charge is -2.29. The van der Waals surface area contributed by atoms with Gasteiger partial charge in [0, 0.05) is 18.0 Å². The van der Waals surface area contributed by atoms with Gasteiger partial charge in [0.1, 0.15) is 0 Å². The molecule has 110 valence electrons. The van der Waals surface area contributed by atoms with Crippen molar-refractivity contribution in [2.75, 3.05) is 6.54 Å². The number of benzene rings is 1. The summed E-state index contributed by atoms with van der Waals surface area (Å²) in [6.45, 7) is 0.823. The topological polar surface area (TPSA) is 20.3 Å². The highest BCUT2D eigenvalue weighted by molar-refractivity contribution is 7.08. The maximum atomic E-state index is 12.7. The zero-order valence-corrected chi connectivity index (χ0v) is 13.0. The van der Waals surface area contributed by atoms with Gasteiger partial charge in [-0.15, -0.1) is 0 Å². The smallest absolute Gasteiger partial charge is 0.254 e. The first-order valence-corrected chi connectivity index (χ1v) is 8.66. The van der Waals surface area contributed by atoms with Crippen molar-refractivity contribution in [2.45, 2.75) is 38.1 Å². The van der Waals surface area contributed by atoms with Crippen molar-refractivity contribution in [1.82, 2.24) is 4.90 Å². The second kappa shape index (κ2) is 6.90. The van der Waals surface area contributed by atoms with E-state index in [0.717, 1.165) is 31.4 Å². The Morgan fingerprint density at radius 3 is 2.57 bits per heavy atom. The van der Waals surface area contributed by atoms with Gasteiger partial charge in [-0.25, -0.2) is 0 Å². The van der Waals surface area contributed by atoms with E-state index >= 15 is 0 Å². The summed E-state index contributed by atoms with van der Waals surface area (Å²) in [6.07, 6.45) is 5.76. The molecule has 1 fully saturated rings. The molecule has 1 aromatic heterocycles. The highest BCUT2D eigenvalue weighted by Gasteiger charge is 2.27. The lowest BCUT2D eigenvalue weighted by molar-refractivity contribution is 0.0684. The molecule has 0 atom stereocenters. The third-order valence-electron chi connectivity index (χ3n) is 4.28. The van der Waals surface area contributed by atoms with Gasteiger partial charge < -0.3 is 4.90 Å². The SMILES string of the molecule is O=C(c1ccsc1)N(CCc1ccccc1)C1CCCC1. The number of hydrogen-bond donors (Lipinski definition) is 0. The van der Waals surface area contributed by atoms with Crippen LogP contribution in [0.5, 0.6) is 0 Å². The van der Waals surface area contributed by atoms with Crippen LogP contribution in [0.3, 0.4) is 0 Å². The van der Waals surface area contributed by atoms with Crippen LogP contribution < -0.4 is 0 Å². The van der Waals surface area contributed by atoms with Gasteiger partial charge in [-0.1, -0.05) is 43.2 Å². The van der Waals surface area contributed by atoms with E-state index in [0.29, 0.717) is 6.04 Å². The molecule has 2 nitrogen and oxygen atoms in total. The molecule has 1 heterocycles. The van der Waals surface area contributed by atoms with Crippen LogP contribution >= 0.6 is 11.3 Å². The number of amides is 1. The highest BCUT2D eigenvalue weighted by atomic mass is 32.1. The van der Waals surface area contributed by atoms with E-state index in [4.69, 9.17) is 0 Å². The summed E-state index contributed by atoms with van der Waals surface area (Å²) in [5, 5.41) is 3.95. The van der Waals surface area contributed by atoms with E-state index in [1.54, 1.807) is 11.3 Å². The van der Waals surface area contributed by atoms with Crippen LogP contribution in [0.2, 0.25) is 0 Å². The Morgan fingerprint density at radius 2 is 1.90 bits per heavy atom. The molecule has 1 saturated carbocycles. The van der Waals surface area contributed by atoms with Crippen molar-refractivity contribution in [3.63, 3.8) is 0 Å². The molecule has 0 aliphatic heterocycles. The van der Waals surface area contributed by atoms with E-state index < -0.39 is 0 Å². The number of rotatable bonds is 5. The molecule has 21 heavy (non-hydrogen) atoms. The molecule has 1 aliphatic rings. The third kappa shape index (κ3) is 3.53. The molecule has 0 bridgehead atoms. The molecule has 0 N–H and O–H groups in total. The Bertz CT molecular complexity index is 558. The zero-order valence-electron chi connectivity index (χ0n) is 12.2. The van der Waals surface area contributed by atoms with Crippen LogP contribution in [0, 0.1) is 0 Å². The van der Waals surface area contributed by atoms with Gasteiger partial charge in [-0.3, -0.25) is 4.79 Å². The van der Waals surface area contributed by atoms with Crippen molar-refractivity contribution >= 4 is 17.2 Å². The second-order valence-electron chi connectivity index (χ2n) is 5.68. The number of carbonyl (C=O) groups is 1. The fourth-order valence-electron chi connectivity index (χ4n) is 3.11. The second-order valence-corrected chi connectivity index (χ2v) is 6.46. The highest BCUT2D eigenvalue weighted by Crippen LogP contribution is 2.25. The van der Waals surface area contributed by atoms with Crippen LogP contribution in [0.4, 0.5) is 0 Å². The summed E-state index contributed by atoms with van der Waals surface area (Å²) < 4.78 is 0. The fraction of sp³-hybridized carbons (Fsp3) is 0.389. The summed E-state index contributed by atoms with van der Waals surface area (Å²) in [5.74, 6) is 0.207. The Hall–Kier alpha value is -1.61. The first kappa shape index (κ1) is 14.3. The predicted molar refractivity (Wildman–Crippen MR) is 87.8 cm³/mol. The van der Waals surface area contributed by atoms with Crippen LogP contribution in [-0.2, 0) is 6.42 Å². The van der Waals surface area contributed by atoms with Crippen molar-refractivity contribution in [2.24, 2.45) is 0 Å². The van der Waals surface area contributed by atoms with Crippen molar-refractivity contribution in [3.05, 3.63) is 58.3 Å². The summed E-state index contributed by atoms with van der Waals surface area (Å²) in [7, 11) is 0. The third-order valence-corrected chi connectivity index (χ3v) is 4.96. The molecule has 1 aliphatic carbocycles. The molecule has 0 spiro atoms. The van der Waals surface area contributed by atoms with Gasteiger partial charge in [0.2, 0.25) is 0 Å². The molecule has 0 unspecified atom stereocenters. The minimum absolute atomic E-state index is 0.207. The first-order chi connectivity index (χ1) is 10.3. The molecule has 3 rings (SSSR count). The maximum absolute atomic E-state index is 12.7. The molecule has 3 heteroatoms. The standard InChI is InChI=1S/C18H21NOS/c20-18(16-11-13-21-14-16)19(17-8-4-5-9-17)12-10-15-6-2-1-3-7-15/h1-3,6-7,11,13-14,17H,4-5,8-10,12H2. The molecule has 0 radical (unpaired) electrons. The summed E-state index contributed by atoms with van der Waals surface area (Å²) >= 11 is 1.59. The van der Waals surface area contributed by atoms with E-state index in [-0.39, 0.29) is 5.91 Å². The minimum atomic E-state index is 0.207. The summed E-state index contributed by atoms with van der Waals surface area (Å²) in [5.41, 5.74) is 2.15. The molecular weight excluding hydrogens is 278 g/mol. The summed E-state index contributed by atoms with van der Waals surface area (Å²) in [6, 6.07) is 12.8. The molecule has 0 saturated heterocycles. The molecular formula is C18H21NOS. The van der Waals surface area contributed by atoms with Crippen molar-refractivity contribution in [1.29, 1.82) is 0 Å².